The zero-order valence-corrected chi connectivity index (χ0v) is 17.7. The van der Waals surface area contributed by atoms with Crippen LogP contribution in [-0.4, -0.2) is 46.9 Å². The molecule has 0 heterocycles. The maximum atomic E-state index is 12.3. The fourth-order valence-corrected chi connectivity index (χ4v) is 3.52. The first-order valence-electron chi connectivity index (χ1n) is 8.96. The van der Waals surface area contributed by atoms with E-state index in [2.05, 4.69) is 14.8 Å². The maximum absolute atomic E-state index is 12.3. The zero-order chi connectivity index (χ0) is 22.3. The van der Waals surface area contributed by atoms with Gasteiger partial charge in [-0.25, -0.2) is 17.9 Å². The molecule has 0 aliphatic rings. The van der Waals surface area contributed by atoms with Crippen molar-refractivity contribution in [3.05, 3.63) is 54.1 Å². The number of carbonyl (C=O) groups is 3. The van der Waals surface area contributed by atoms with E-state index in [1.807, 2.05) is 0 Å². The monoisotopic (exact) mass is 433 g/mol. The quantitative estimate of drug-likeness (QED) is 0.617. The Hall–Kier alpha value is -3.24. The van der Waals surface area contributed by atoms with Gasteiger partial charge in [0, 0.05) is 37.0 Å². The van der Waals surface area contributed by atoms with Crippen LogP contribution < -0.4 is 14.9 Å². The highest BCUT2D eigenvalue weighted by Gasteiger charge is 2.15. The normalized spacial score (nSPS) is 10.9. The number of hydrogen-bond donors (Lipinski definition) is 2. The number of amides is 2. The lowest BCUT2D eigenvalue weighted by molar-refractivity contribution is -0.116. The van der Waals surface area contributed by atoms with E-state index < -0.39 is 16.1 Å². The first-order chi connectivity index (χ1) is 14.1. The van der Waals surface area contributed by atoms with E-state index in [0.717, 1.165) is 0 Å². The van der Waals surface area contributed by atoms with Gasteiger partial charge in [-0.2, -0.15) is 0 Å². The number of methoxy groups -OCH3 is 1. The largest absolute Gasteiger partial charge is 0.452 e. The van der Waals surface area contributed by atoms with Crippen molar-refractivity contribution in [3.8, 4) is 0 Å². The summed E-state index contributed by atoms with van der Waals surface area (Å²) in [7, 11) is -0.952. The number of rotatable bonds is 8. The molecule has 0 aliphatic carbocycles. The van der Waals surface area contributed by atoms with Crippen LogP contribution in [0.3, 0.4) is 0 Å². The lowest BCUT2D eigenvalue weighted by Gasteiger charge is -2.16. The van der Waals surface area contributed by atoms with Crippen LogP contribution in [0.1, 0.15) is 23.7 Å². The molecule has 10 heteroatoms. The number of ether oxygens (including phenoxy) is 1. The van der Waals surface area contributed by atoms with Crippen molar-refractivity contribution in [2.45, 2.75) is 18.2 Å². The molecule has 0 atom stereocenters. The number of sulfonamides is 1. The second-order valence-corrected chi connectivity index (χ2v) is 8.12. The van der Waals surface area contributed by atoms with Crippen molar-refractivity contribution in [2.75, 3.05) is 30.9 Å². The summed E-state index contributed by atoms with van der Waals surface area (Å²) in [5.41, 5.74) is 1.50. The Labute approximate surface area is 175 Å². The van der Waals surface area contributed by atoms with Gasteiger partial charge < -0.3 is 10.1 Å². The Morgan fingerprint density at radius 3 is 2.13 bits per heavy atom. The van der Waals surface area contributed by atoms with E-state index in [1.54, 1.807) is 31.3 Å². The summed E-state index contributed by atoms with van der Waals surface area (Å²) in [6.07, 6.45) is -0.593. The predicted molar refractivity (Wildman–Crippen MR) is 112 cm³/mol. The minimum Gasteiger partial charge on any atom is -0.452 e. The number of anilines is 2. The van der Waals surface area contributed by atoms with Crippen LogP contribution in [0.5, 0.6) is 0 Å². The average Bonchev–Trinajstić information content (AvgIpc) is 2.73. The van der Waals surface area contributed by atoms with Crippen LogP contribution in [0.4, 0.5) is 16.2 Å². The van der Waals surface area contributed by atoms with Gasteiger partial charge in [0.05, 0.1) is 12.0 Å². The van der Waals surface area contributed by atoms with Gasteiger partial charge in [0.2, 0.25) is 15.9 Å². The summed E-state index contributed by atoms with van der Waals surface area (Å²) < 4.78 is 31.5. The van der Waals surface area contributed by atoms with Crippen molar-refractivity contribution in [3.63, 3.8) is 0 Å². The fraction of sp³-hybridized carbons (Fsp3) is 0.250. The molecule has 2 aromatic carbocycles. The number of nitrogens with zero attached hydrogens (tertiary/aromatic N) is 1. The lowest BCUT2D eigenvalue weighted by Crippen LogP contribution is -2.28. The molecular weight excluding hydrogens is 410 g/mol. The standard InChI is InChI=1S/C20H23N3O6S/c1-14(24)15-4-10-18(11-5-15)30(27,28)21-13-12-19(25)22-16-6-8-17(9-7-16)23(2)20(26)29-3/h4-11,21H,12-13H2,1-3H3,(H,22,25). The second-order valence-electron chi connectivity index (χ2n) is 6.35. The predicted octanol–water partition coefficient (Wildman–Crippen LogP) is 2.40. The van der Waals surface area contributed by atoms with Crippen molar-refractivity contribution in [1.29, 1.82) is 0 Å². The maximum Gasteiger partial charge on any atom is 0.413 e. The Bertz CT molecular complexity index is 1020. The molecule has 0 bridgehead atoms. The van der Waals surface area contributed by atoms with Crippen LogP contribution >= 0.6 is 0 Å². The van der Waals surface area contributed by atoms with Crippen molar-refractivity contribution in [2.24, 2.45) is 0 Å². The van der Waals surface area contributed by atoms with Gasteiger partial charge >= 0.3 is 6.09 Å². The molecule has 0 aliphatic heterocycles. The molecular formula is C20H23N3O6S. The molecule has 160 valence electrons. The smallest absolute Gasteiger partial charge is 0.413 e. The minimum atomic E-state index is -3.79. The number of hydrogen-bond acceptors (Lipinski definition) is 6. The third-order valence-corrected chi connectivity index (χ3v) is 5.68. The summed E-state index contributed by atoms with van der Waals surface area (Å²) >= 11 is 0. The summed E-state index contributed by atoms with van der Waals surface area (Å²) in [5, 5.41) is 2.65. The van der Waals surface area contributed by atoms with E-state index in [-0.39, 0.29) is 29.6 Å². The van der Waals surface area contributed by atoms with Crippen LogP contribution in [-0.2, 0) is 19.6 Å². The number of Topliss-reactive ketones (excluding diaryl/α,β-unsaturated/α-hetero) is 1. The SMILES string of the molecule is COC(=O)N(C)c1ccc(NC(=O)CCNS(=O)(=O)c2ccc(C(C)=O)cc2)cc1. The Kier molecular flexibility index (Phi) is 7.67. The van der Waals surface area contributed by atoms with Gasteiger partial charge in [-0.15, -0.1) is 0 Å². The van der Waals surface area contributed by atoms with E-state index in [0.29, 0.717) is 16.9 Å². The van der Waals surface area contributed by atoms with E-state index in [4.69, 9.17) is 0 Å². The summed E-state index contributed by atoms with van der Waals surface area (Å²) in [4.78, 5) is 36.1. The van der Waals surface area contributed by atoms with Gasteiger partial charge in [0.15, 0.2) is 5.78 Å². The molecule has 0 aromatic heterocycles. The first kappa shape index (κ1) is 23.0. The number of benzene rings is 2. The Balaban J connectivity index is 1.87. The van der Waals surface area contributed by atoms with Gasteiger partial charge in [-0.3, -0.25) is 14.5 Å². The number of nitrogens with one attached hydrogen (secondary N) is 2. The fourth-order valence-electron chi connectivity index (χ4n) is 2.49. The molecule has 0 unspecified atom stereocenters. The van der Waals surface area contributed by atoms with Crippen LogP contribution in [0.25, 0.3) is 0 Å². The Morgan fingerprint density at radius 2 is 1.60 bits per heavy atom. The van der Waals surface area contributed by atoms with Gasteiger partial charge in [0.1, 0.15) is 0 Å². The molecule has 0 saturated carbocycles. The lowest BCUT2D eigenvalue weighted by atomic mass is 10.2. The molecule has 0 spiro atoms. The van der Waals surface area contributed by atoms with E-state index >= 15 is 0 Å². The molecule has 0 saturated heterocycles. The van der Waals surface area contributed by atoms with Crippen molar-refractivity contribution < 1.29 is 27.5 Å². The molecule has 9 nitrogen and oxygen atoms in total. The second kappa shape index (κ2) is 9.99. The molecule has 2 rings (SSSR count). The average molecular weight is 433 g/mol. The summed E-state index contributed by atoms with van der Waals surface area (Å²) in [6, 6.07) is 12.1. The number of carbonyl (C=O) groups excluding carboxylic acids is 3. The highest BCUT2D eigenvalue weighted by Crippen LogP contribution is 2.17. The van der Waals surface area contributed by atoms with Crippen LogP contribution in [0.15, 0.2) is 53.4 Å². The Morgan fingerprint density at radius 1 is 1.00 bits per heavy atom. The highest BCUT2D eigenvalue weighted by molar-refractivity contribution is 7.89. The third-order valence-electron chi connectivity index (χ3n) is 4.20. The zero-order valence-electron chi connectivity index (χ0n) is 16.8. The van der Waals surface area contributed by atoms with Gasteiger partial charge in [-0.05, 0) is 43.3 Å². The van der Waals surface area contributed by atoms with Crippen LogP contribution in [0.2, 0.25) is 0 Å². The number of ketones is 1. The first-order valence-corrected chi connectivity index (χ1v) is 10.4. The molecule has 2 N–H and O–H groups in total. The van der Waals surface area contributed by atoms with E-state index in [9.17, 15) is 22.8 Å². The third kappa shape index (κ3) is 6.13. The molecule has 0 fully saturated rings. The van der Waals surface area contributed by atoms with E-state index in [1.165, 1.54) is 43.2 Å². The van der Waals surface area contributed by atoms with Crippen molar-refractivity contribution in [1.82, 2.24) is 4.72 Å². The molecule has 0 radical (unpaired) electrons. The molecule has 30 heavy (non-hydrogen) atoms. The van der Waals surface area contributed by atoms with Gasteiger partial charge in [0.25, 0.3) is 0 Å². The van der Waals surface area contributed by atoms with Crippen LogP contribution in [0, 0.1) is 0 Å². The van der Waals surface area contributed by atoms with Gasteiger partial charge in [-0.1, -0.05) is 12.1 Å². The summed E-state index contributed by atoms with van der Waals surface area (Å²) in [6.45, 7) is 1.30. The molecule has 2 amide bonds. The molecule has 2 aromatic rings. The minimum absolute atomic E-state index is 0.0122. The highest BCUT2D eigenvalue weighted by atomic mass is 32.2. The topological polar surface area (TPSA) is 122 Å². The van der Waals surface area contributed by atoms with Crippen molar-refractivity contribution >= 4 is 39.2 Å². The summed E-state index contributed by atoms with van der Waals surface area (Å²) in [5.74, 6) is -0.535.